The van der Waals surface area contributed by atoms with Crippen LogP contribution < -0.4 is 10.2 Å². The fraction of sp³-hybridized carbons (Fsp3) is 0.632. The number of fused-ring (bicyclic) bond motifs is 3. The van der Waals surface area contributed by atoms with Gasteiger partial charge in [-0.15, -0.1) is 0 Å². The van der Waals surface area contributed by atoms with Gasteiger partial charge in [-0.2, -0.15) is 0 Å². The first-order chi connectivity index (χ1) is 11.6. The molecule has 0 amide bonds. The van der Waals surface area contributed by atoms with Gasteiger partial charge in [0.1, 0.15) is 0 Å². The number of thiocarbonyl (C=S) groups is 1. The van der Waals surface area contributed by atoms with Crippen molar-refractivity contribution in [3.8, 4) is 0 Å². The smallest absolute Gasteiger partial charge is 0.173 e. The van der Waals surface area contributed by atoms with Crippen LogP contribution in [-0.2, 0) is 4.74 Å². The van der Waals surface area contributed by atoms with Crippen molar-refractivity contribution in [1.82, 2.24) is 10.2 Å². The van der Waals surface area contributed by atoms with Crippen molar-refractivity contribution in [1.29, 1.82) is 0 Å². The van der Waals surface area contributed by atoms with Crippen LogP contribution in [0.3, 0.4) is 0 Å². The fourth-order valence-corrected chi connectivity index (χ4v) is 4.75. The maximum atomic E-state index is 5.80. The summed E-state index contributed by atoms with van der Waals surface area (Å²) in [4.78, 5) is 4.83. The lowest BCUT2D eigenvalue weighted by atomic mass is 9.89. The van der Waals surface area contributed by atoms with Gasteiger partial charge in [0.2, 0.25) is 0 Å². The maximum absolute atomic E-state index is 5.80. The number of hydrogen-bond acceptors (Lipinski definition) is 3. The average Bonchev–Trinajstić information content (AvgIpc) is 3.18. The van der Waals surface area contributed by atoms with Gasteiger partial charge in [-0.05, 0) is 63.6 Å². The molecule has 3 atom stereocenters. The normalized spacial score (nSPS) is 29.4. The molecule has 2 saturated heterocycles. The number of likely N-dealkylation sites (tertiary alicyclic amines) is 1. The van der Waals surface area contributed by atoms with E-state index in [1.807, 2.05) is 0 Å². The van der Waals surface area contributed by atoms with Crippen LogP contribution in [0.25, 0.3) is 0 Å². The summed E-state index contributed by atoms with van der Waals surface area (Å²) in [5.74, 6) is 0.557. The number of rotatable bonds is 2. The molecule has 3 aliphatic rings. The highest BCUT2D eigenvalue weighted by molar-refractivity contribution is 7.80. The molecule has 0 aromatic heterocycles. The Kier molecular flexibility index (Phi) is 4.50. The maximum Gasteiger partial charge on any atom is 0.173 e. The monoisotopic (exact) mass is 345 g/mol. The number of nitrogens with zero attached hydrogens (tertiary/aromatic N) is 2. The zero-order chi connectivity index (χ0) is 16.7. The lowest BCUT2D eigenvalue weighted by molar-refractivity contribution is 0.114. The van der Waals surface area contributed by atoms with Gasteiger partial charge in [-0.3, -0.25) is 0 Å². The van der Waals surface area contributed by atoms with Crippen molar-refractivity contribution in [2.24, 2.45) is 0 Å². The molecule has 0 spiro atoms. The van der Waals surface area contributed by atoms with E-state index in [0.717, 1.165) is 44.2 Å². The molecule has 1 N–H and O–H groups in total. The van der Waals surface area contributed by atoms with Gasteiger partial charge in [-0.1, -0.05) is 17.7 Å². The first kappa shape index (κ1) is 16.3. The van der Waals surface area contributed by atoms with E-state index in [-0.39, 0.29) is 0 Å². The lowest BCUT2D eigenvalue weighted by Gasteiger charge is -2.37. The number of piperidine rings is 1. The van der Waals surface area contributed by atoms with Crippen molar-refractivity contribution in [2.75, 3.05) is 38.2 Å². The molecule has 0 unspecified atom stereocenters. The molecule has 0 saturated carbocycles. The van der Waals surface area contributed by atoms with Crippen LogP contribution in [0.2, 0.25) is 0 Å². The average molecular weight is 346 g/mol. The van der Waals surface area contributed by atoms with Gasteiger partial charge in [-0.25, -0.2) is 0 Å². The summed E-state index contributed by atoms with van der Waals surface area (Å²) in [6.45, 7) is 6.15. The van der Waals surface area contributed by atoms with E-state index in [1.165, 1.54) is 23.2 Å². The Labute approximate surface area is 150 Å². The summed E-state index contributed by atoms with van der Waals surface area (Å²) >= 11 is 5.80. The van der Waals surface area contributed by atoms with Gasteiger partial charge < -0.3 is 19.9 Å². The number of benzene rings is 1. The highest BCUT2D eigenvalue weighted by Gasteiger charge is 2.42. The number of nitrogens with one attached hydrogen (secondary N) is 1. The highest BCUT2D eigenvalue weighted by Crippen LogP contribution is 2.44. The topological polar surface area (TPSA) is 27.7 Å². The molecular formula is C19H27N3OS. The third-order valence-corrected chi connectivity index (χ3v) is 6.02. The van der Waals surface area contributed by atoms with E-state index in [4.69, 9.17) is 17.0 Å². The van der Waals surface area contributed by atoms with Crippen LogP contribution in [-0.4, -0.2) is 55.4 Å². The second kappa shape index (κ2) is 6.62. The molecule has 5 heteroatoms. The third-order valence-electron chi connectivity index (χ3n) is 5.68. The first-order valence-corrected chi connectivity index (χ1v) is 9.52. The molecule has 0 aliphatic carbocycles. The molecule has 24 heavy (non-hydrogen) atoms. The van der Waals surface area contributed by atoms with E-state index < -0.39 is 0 Å². The van der Waals surface area contributed by atoms with E-state index >= 15 is 0 Å². The molecule has 4 rings (SSSR count). The Morgan fingerprint density at radius 3 is 3.04 bits per heavy atom. The van der Waals surface area contributed by atoms with Crippen molar-refractivity contribution in [2.45, 2.75) is 44.2 Å². The number of hydrogen-bond donors (Lipinski definition) is 1. The SMILES string of the molecule is Cc1ccc2c(c1)[C@@H]1CN(C)CC[C@@H]1N2C(=S)NC[C@@H]1CCCO1. The summed E-state index contributed by atoms with van der Waals surface area (Å²) in [7, 11) is 2.22. The first-order valence-electron chi connectivity index (χ1n) is 9.11. The largest absolute Gasteiger partial charge is 0.376 e. The number of anilines is 1. The van der Waals surface area contributed by atoms with Gasteiger partial charge in [0, 0.05) is 37.3 Å². The Bertz CT molecular complexity index is 629. The van der Waals surface area contributed by atoms with E-state index in [9.17, 15) is 0 Å². The second-order valence-corrected chi connectivity index (χ2v) is 7.86. The summed E-state index contributed by atoms with van der Waals surface area (Å²) in [6.07, 6.45) is 3.79. The van der Waals surface area contributed by atoms with Crippen molar-refractivity contribution < 1.29 is 4.74 Å². The highest BCUT2D eigenvalue weighted by atomic mass is 32.1. The minimum absolute atomic E-state index is 0.316. The minimum atomic E-state index is 0.316. The standard InChI is InChI=1S/C19H27N3OS/c1-13-5-6-17-15(10-13)16-12-21(2)8-7-18(16)22(17)19(24)20-11-14-4-3-9-23-14/h5-6,10,14,16,18H,3-4,7-9,11-12H2,1-2H3,(H,20,24)/t14-,16-,18-/m0/s1. The molecule has 4 nitrogen and oxygen atoms in total. The predicted octanol–water partition coefficient (Wildman–Crippen LogP) is 2.66. The molecular weight excluding hydrogens is 318 g/mol. The molecule has 2 fully saturated rings. The molecule has 1 aromatic carbocycles. The minimum Gasteiger partial charge on any atom is -0.376 e. The lowest BCUT2D eigenvalue weighted by Crippen LogP contribution is -2.51. The summed E-state index contributed by atoms with van der Waals surface area (Å²) < 4.78 is 5.72. The molecule has 130 valence electrons. The summed E-state index contributed by atoms with van der Waals surface area (Å²) in [5.41, 5.74) is 4.10. The Morgan fingerprint density at radius 2 is 2.25 bits per heavy atom. The molecule has 0 bridgehead atoms. The molecule has 3 aliphatic heterocycles. The van der Waals surface area contributed by atoms with Crippen LogP contribution >= 0.6 is 12.2 Å². The van der Waals surface area contributed by atoms with Crippen LogP contribution in [0.4, 0.5) is 5.69 Å². The number of aryl methyl sites for hydroxylation is 1. The van der Waals surface area contributed by atoms with Crippen LogP contribution in [0.15, 0.2) is 18.2 Å². The number of ether oxygens (including phenoxy) is 1. The van der Waals surface area contributed by atoms with Gasteiger partial charge in [0.25, 0.3) is 0 Å². The third kappa shape index (κ3) is 2.93. The Hall–Kier alpha value is -1.17. The molecule has 3 heterocycles. The van der Waals surface area contributed by atoms with Crippen molar-refractivity contribution in [3.63, 3.8) is 0 Å². The van der Waals surface area contributed by atoms with E-state index in [1.54, 1.807) is 0 Å². The van der Waals surface area contributed by atoms with Crippen molar-refractivity contribution in [3.05, 3.63) is 29.3 Å². The van der Waals surface area contributed by atoms with Gasteiger partial charge >= 0.3 is 0 Å². The molecule has 1 aromatic rings. The summed E-state index contributed by atoms with van der Waals surface area (Å²) in [6, 6.07) is 7.30. The zero-order valence-electron chi connectivity index (χ0n) is 14.6. The predicted molar refractivity (Wildman–Crippen MR) is 102 cm³/mol. The number of likely N-dealkylation sites (N-methyl/N-ethyl adjacent to an activating group) is 1. The Balaban J connectivity index is 1.56. The quantitative estimate of drug-likeness (QED) is 0.832. The van der Waals surface area contributed by atoms with Crippen LogP contribution in [0.1, 0.15) is 36.3 Å². The molecule has 0 radical (unpaired) electrons. The Morgan fingerprint density at radius 1 is 1.38 bits per heavy atom. The van der Waals surface area contributed by atoms with Crippen molar-refractivity contribution >= 4 is 23.0 Å². The fourth-order valence-electron chi connectivity index (χ4n) is 4.44. The zero-order valence-corrected chi connectivity index (χ0v) is 15.4. The van der Waals surface area contributed by atoms with Gasteiger partial charge in [0.15, 0.2) is 5.11 Å². The summed E-state index contributed by atoms with van der Waals surface area (Å²) in [5, 5.41) is 4.35. The van der Waals surface area contributed by atoms with Crippen LogP contribution in [0, 0.1) is 6.92 Å². The van der Waals surface area contributed by atoms with E-state index in [0.29, 0.717) is 18.1 Å². The second-order valence-electron chi connectivity index (χ2n) is 7.48. The van der Waals surface area contributed by atoms with E-state index in [2.05, 4.69) is 47.3 Å². The van der Waals surface area contributed by atoms with Gasteiger partial charge in [0.05, 0.1) is 6.10 Å². The van der Waals surface area contributed by atoms with Crippen LogP contribution in [0.5, 0.6) is 0 Å².